The van der Waals surface area contributed by atoms with Gasteiger partial charge in [0.15, 0.2) is 17.5 Å². The average Bonchev–Trinajstić information content (AvgIpc) is 3.46. The fourth-order valence-electron chi connectivity index (χ4n) is 6.20. The highest BCUT2D eigenvalue weighted by atomic mass is 32.1. The predicted molar refractivity (Wildman–Crippen MR) is 182 cm³/mol. The number of hydrogen-bond acceptors (Lipinski definition) is 4. The summed E-state index contributed by atoms with van der Waals surface area (Å²) < 4.78 is 2.62. The summed E-state index contributed by atoms with van der Waals surface area (Å²) in [4.78, 5) is 15.2. The molecule has 2 aromatic heterocycles. The Morgan fingerprint density at radius 2 is 1.00 bits per heavy atom. The van der Waals surface area contributed by atoms with Crippen molar-refractivity contribution in [2.24, 2.45) is 0 Å². The van der Waals surface area contributed by atoms with Gasteiger partial charge in [-0.25, -0.2) is 15.0 Å². The second kappa shape index (κ2) is 9.55. The van der Waals surface area contributed by atoms with E-state index in [2.05, 4.69) is 140 Å². The van der Waals surface area contributed by atoms with E-state index in [-0.39, 0.29) is 0 Å². The molecule has 0 amide bonds. The van der Waals surface area contributed by atoms with Crippen LogP contribution in [0.5, 0.6) is 0 Å². The largest absolute Gasteiger partial charge is 0.208 e. The van der Waals surface area contributed by atoms with Crippen LogP contribution in [0.4, 0.5) is 0 Å². The number of hydrogen-bond donors (Lipinski definition) is 0. The average molecular weight is 566 g/mol. The maximum atomic E-state index is 5.10. The van der Waals surface area contributed by atoms with E-state index >= 15 is 0 Å². The van der Waals surface area contributed by atoms with Gasteiger partial charge in [0.1, 0.15) is 0 Å². The van der Waals surface area contributed by atoms with Crippen molar-refractivity contribution < 1.29 is 0 Å². The lowest BCUT2D eigenvalue weighted by Gasteiger charge is -2.11. The molecule has 7 aromatic carbocycles. The van der Waals surface area contributed by atoms with E-state index in [9.17, 15) is 0 Å². The maximum absolute atomic E-state index is 5.10. The molecule has 0 atom stereocenters. The summed E-state index contributed by atoms with van der Waals surface area (Å²) in [7, 11) is 0. The van der Waals surface area contributed by atoms with Gasteiger partial charge < -0.3 is 0 Å². The molecule has 0 aliphatic heterocycles. The number of fused-ring (bicyclic) bond motifs is 7. The number of aromatic nitrogens is 3. The summed E-state index contributed by atoms with van der Waals surface area (Å²) in [5.41, 5.74) is 2.93. The van der Waals surface area contributed by atoms with E-state index in [0.717, 1.165) is 32.8 Å². The first kappa shape index (κ1) is 24.2. The first-order valence-electron chi connectivity index (χ1n) is 14.4. The van der Waals surface area contributed by atoms with Crippen LogP contribution in [-0.2, 0) is 0 Å². The highest BCUT2D eigenvalue weighted by molar-refractivity contribution is 7.26. The van der Waals surface area contributed by atoms with Gasteiger partial charge in [0.2, 0.25) is 0 Å². The first-order valence-corrected chi connectivity index (χ1v) is 15.2. The molecule has 2 heterocycles. The quantitative estimate of drug-likeness (QED) is 0.214. The van der Waals surface area contributed by atoms with Gasteiger partial charge in [-0.05, 0) is 56.6 Å². The summed E-state index contributed by atoms with van der Waals surface area (Å²) >= 11 is 1.84. The lowest BCUT2D eigenvalue weighted by atomic mass is 10.0. The van der Waals surface area contributed by atoms with Gasteiger partial charge in [-0.1, -0.05) is 115 Å². The van der Waals surface area contributed by atoms with Gasteiger partial charge in [-0.15, -0.1) is 11.3 Å². The maximum Gasteiger partial charge on any atom is 0.164 e. The molecule has 43 heavy (non-hydrogen) atoms. The van der Waals surface area contributed by atoms with Crippen molar-refractivity contribution in [2.75, 3.05) is 0 Å². The Labute approximate surface area is 251 Å². The van der Waals surface area contributed by atoms with Crippen LogP contribution in [0.1, 0.15) is 0 Å². The molecule has 9 rings (SSSR count). The highest BCUT2D eigenvalue weighted by Gasteiger charge is 2.16. The molecular weight excluding hydrogens is 543 g/mol. The zero-order chi connectivity index (χ0) is 28.3. The van der Waals surface area contributed by atoms with E-state index in [1.807, 2.05) is 11.3 Å². The SMILES string of the molecule is c1ccc2cc(-c3nc(-c4ccc5c(ccc6sc7ccccc7c65)c4)nc(-c4cccc5ccccc45)n3)ccc2c1. The van der Waals surface area contributed by atoms with E-state index < -0.39 is 0 Å². The Morgan fingerprint density at radius 3 is 1.86 bits per heavy atom. The molecule has 0 radical (unpaired) electrons. The van der Waals surface area contributed by atoms with Crippen LogP contribution in [0.25, 0.3) is 86.7 Å². The number of benzene rings is 7. The number of rotatable bonds is 3. The normalized spacial score (nSPS) is 11.7. The van der Waals surface area contributed by atoms with Crippen molar-refractivity contribution in [3.63, 3.8) is 0 Å². The van der Waals surface area contributed by atoms with Gasteiger partial charge in [0, 0.05) is 36.9 Å². The van der Waals surface area contributed by atoms with Crippen molar-refractivity contribution >= 4 is 63.8 Å². The third-order valence-corrected chi connectivity index (χ3v) is 9.43. The monoisotopic (exact) mass is 565 g/mol. The Hall–Kier alpha value is -5.45. The molecule has 0 bridgehead atoms. The Morgan fingerprint density at radius 1 is 0.372 bits per heavy atom. The van der Waals surface area contributed by atoms with Crippen molar-refractivity contribution in [1.82, 2.24) is 15.0 Å². The lowest BCUT2D eigenvalue weighted by Crippen LogP contribution is -2.00. The second-order valence-electron chi connectivity index (χ2n) is 10.9. The minimum atomic E-state index is 0.665. The summed E-state index contributed by atoms with van der Waals surface area (Å²) in [5, 5.41) is 9.67. The van der Waals surface area contributed by atoms with Gasteiger partial charge in [0.25, 0.3) is 0 Å². The fourth-order valence-corrected chi connectivity index (χ4v) is 7.32. The molecule has 0 fully saturated rings. The molecule has 3 nitrogen and oxygen atoms in total. The van der Waals surface area contributed by atoms with Crippen LogP contribution in [0.15, 0.2) is 140 Å². The van der Waals surface area contributed by atoms with Crippen molar-refractivity contribution in [2.45, 2.75) is 0 Å². The standard InChI is InChI=1S/C39H23N3S/c1-2-10-26-22-28(17-16-24(26)8-1)37-40-38(42-39(41-37)32-14-7-11-25-9-3-4-12-30(25)32)29-18-20-31-27(23-29)19-21-35-36(31)33-13-5-6-15-34(33)43-35/h1-23H. The Balaban J connectivity index is 1.28. The third-order valence-electron chi connectivity index (χ3n) is 8.29. The van der Waals surface area contributed by atoms with E-state index in [1.165, 1.54) is 36.3 Å². The molecule has 0 spiro atoms. The minimum absolute atomic E-state index is 0.665. The van der Waals surface area contributed by atoms with Crippen LogP contribution in [0, 0.1) is 0 Å². The molecule has 0 aliphatic carbocycles. The molecular formula is C39H23N3S. The molecule has 4 heteroatoms. The van der Waals surface area contributed by atoms with Crippen molar-refractivity contribution in [3.05, 3.63) is 140 Å². The number of thiophene rings is 1. The molecule has 0 N–H and O–H groups in total. The van der Waals surface area contributed by atoms with Crippen LogP contribution >= 0.6 is 11.3 Å². The summed E-state index contributed by atoms with van der Waals surface area (Å²) in [6.07, 6.45) is 0. The summed E-state index contributed by atoms with van der Waals surface area (Å²) in [6.45, 7) is 0. The van der Waals surface area contributed by atoms with Gasteiger partial charge >= 0.3 is 0 Å². The van der Waals surface area contributed by atoms with E-state index in [1.54, 1.807) is 0 Å². The fraction of sp³-hybridized carbons (Fsp3) is 0. The molecule has 200 valence electrons. The molecule has 0 saturated heterocycles. The summed E-state index contributed by atoms with van der Waals surface area (Å²) in [5.74, 6) is 2.00. The zero-order valence-electron chi connectivity index (χ0n) is 23.0. The first-order chi connectivity index (χ1) is 21.3. The second-order valence-corrected chi connectivity index (χ2v) is 12.0. The van der Waals surface area contributed by atoms with Crippen molar-refractivity contribution in [3.8, 4) is 34.2 Å². The minimum Gasteiger partial charge on any atom is -0.208 e. The smallest absolute Gasteiger partial charge is 0.164 e. The Kier molecular flexibility index (Phi) is 5.37. The van der Waals surface area contributed by atoms with Gasteiger partial charge in [-0.3, -0.25) is 0 Å². The molecule has 0 saturated carbocycles. The van der Waals surface area contributed by atoms with Crippen LogP contribution < -0.4 is 0 Å². The van der Waals surface area contributed by atoms with Crippen LogP contribution in [-0.4, -0.2) is 15.0 Å². The molecule has 9 aromatic rings. The highest BCUT2D eigenvalue weighted by Crippen LogP contribution is 2.39. The lowest BCUT2D eigenvalue weighted by molar-refractivity contribution is 1.08. The molecule has 0 aliphatic rings. The van der Waals surface area contributed by atoms with Crippen LogP contribution in [0.3, 0.4) is 0 Å². The Bertz CT molecular complexity index is 2520. The summed E-state index contributed by atoms with van der Waals surface area (Å²) in [6, 6.07) is 49.2. The topological polar surface area (TPSA) is 38.7 Å². The van der Waals surface area contributed by atoms with Crippen LogP contribution in [0.2, 0.25) is 0 Å². The zero-order valence-corrected chi connectivity index (χ0v) is 23.8. The van der Waals surface area contributed by atoms with E-state index in [4.69, 9.17) is 15.0 Å². The molecule has 0 unspecified atom stereocenters. The van der Waals surface area contributed by atoms with Crippen molar-refractivity contribution in [1.29, 1.82) is 0 Å². The predicted octanol–water partition coefficient (Wildman–Crippen LogP) is 10.7. The van der Waals surface area contributed by atoms with Gasteiger partial charge in [0.05, 0.1) is 0 Å². The van der Waals surface area contributed by atoms with Gasteiger partial charge in [-0.2, -0.15) is 0 Å². The van der Waals surface area contributed by atoms with E-state index in [0.29, 0.717) is 17.5 Å². The third kappa shape index (κ3) is 3.99. The number of nitrogens with zero attached hydrogens (tertiary/aromatic N) is 3.